The van der Waals surface area contributed by atoms with Crippen LogP contribution in [-0.2, 0) is 0 Å². The van der Waals surface area contributed by atoms with Crippen molar-refractivity contribution < 1.29 is 14.6 Å². The average molecular weight is 431 g/mol. The van der Waals surface area contributed by atoms with E-state index in [1.807, 2.05) is 84.9 Å². The Balaban J connectivity index is 1.37. The van der Waals surface area contributed by atoms with E-state index in [2.05, 4.69) is 24.3 Å². The van der Waals surface area contributed by atoms with Crippen LogP contribution in [0.25, 0.3) is 22.3 Å². The van der Waals surface area contributed by atoms with Crippen LogP contribution in [0.1, 0.15) is 0 Å². The third kappa shape index (κ3) is 5.05. The number of phenolic OH excluding ortho intramolecular Hbond substituents is 1. The number of benzene rings is 5. The van der Waals surface area contributed by atoms with Crippen molar-refractivity contribution in [3.05, 3.63) is 127 Å². The summed E-state index contributed by atoms with van der Waals surface area (Å²) in [7, 11) is 0. The molecule has 3 nitrogen and oxygen atoms in total. The summed E-state index contributed by atoms with van der Waals surface area (Å²) in [5.74, 6) is 2.42. The van der Waals surface area contributed by atoms with Gasteiger partial charge in [0.15, 0.2) is 0 Å². The molecule has 5 aromatic carbocycles. The number of ether oxygens (including phenoxy) is 2. The average Bonchev–Trinajstić information content (AvgIpc) is 2.85. The van der Waals surface area contributed by atoms with Crippen LogP contribution in [0.2, 0.25) is 0 Å². The predicted octanol–water partition coefficient (Wildman–Crippen LogP) is 8.31. The zero-order valence-corrected chi connectivity index (χ0v) is 17.9. The number of rotatable bonds is 6. The van der Waals surface area contributed by atoms with Crippen LogP contribution in [0.3, 0.4) is 0 Å². The van der Waals surface area contributed by atoms with Crippen molar-refractivity contribution in [1.82, 2.24) is 0 Å². The summed E-state index contributed by atoms with van der Waals surface area (Å²) in [6.07, 6.45) is 0. The Labute approximate surface area is 193 Å². The maximum absolute atomic E-state index is 10.3. The lowest BCUT2D eigenvalue weighted by molar-refractivity contribution is 0.436. The van der Waals surface area contributed by atoms with Gasteiger partial charge in [0.2, 0.25) is 0 Å². The van der Waals surface area contributed by atoms with Crippen LogP contribution in [0.15, 0.2) is 127 Å². The first kappa shape index (κ1) is 20.4. The first-order valence-electron chi connectivity index (χ1n) is 10.7. The molecule has 160 valence electrons. The van der Waals surface area contributed by atoms with E-state index in [0.29, 0.717) is 23.0 Å². The van der Waals surface area contributed by atoms with Gasteiger partial charge in [-0.1, -0.05) is 84.9 Å². The zero-order valence-electron chi connectivity index (χ0n) is 17.9. The molecular weight excluding hydrogens is 408 g/mol. The molecule has 0 heterocycles. The molecule has 3 heteroatoms. The lowest BCUT2D eigenvalue weighted by Gasteiger charge is -2.12. The molecule has 0 radical (unpaired) electrons. The summed E-state index contributed by atoms with van der Waals surface area (Å²) in [4.78, 5) is 0. The van der Waals surface area contributed by atoms with E-state index < -0.39 is 0 Å². The maximum Gasteiger partial charge on any atom is 0.134 e. The van der Waals surface area contributed by atoms with E-state index in [-0.39, 0.29) is 5.75 Å². The molecule has 0 saturated heterocycles. The molecule has 33 heavy (non-hydrogen) atoms. The number of hydrogen-bond donors (Lipinski definition) is 1. The Morgan fingerprint density at radius 3 is 1.24 bits per heavy atom. The Morgan fingerprint density at radius 2 is 0.788 bits per heavy atom. The Kier molecular flexibility index (Phi) is 5.77. The minimum absolute atomic E-state index is 0.0703. The van der Waals surface area contributed by atoms with Crippen molar-refractivity contribution in [2.24, 2.45) is 0 Å². The van der Waals surface area contributed by atoms with Crippen molar-refractivity contribution in [3.63, 3.8) is 0 Å². The molecule has 0 aliphatic heterocycles. The van der Waals surface area contributed by atoms with Gasteiger partial charge < -0.3 is 14.6 Å². The summed E-state index contributed by atoms with van der Waals surface area (Å²) in [5, 5.41) is 10.3. The SMILES string of the molecule is Oc1cc(Oc2cccc(-c3ccccc3)c2)cc(Oc2cccc(-c3ccccc3)c2)c1. The third-order valence-electron chi connectivity index (χ3n) is 5.22. The molecule has 0 spiro atoms. The standard InChI is InChI=1S/C30H22O3/c31-26-19-29(32-27-15-7-13-24(17-27)22-9-3-1-4-10-22)21-30(20-26)33-28-16-8-14-25(18-28)23-11-5-2-6-12-23/h1-21,31H. The van der Waals surface area contributed by atoms with Crippen LogP contribution in [0.5, 0.6) is 28.7 Å². The van der Waals surface area contributed by atoms with Crippen molar-refractivity contribution >= 4 is 0 Å². The lowest BCUT2D eigenvalue weighted by atomic mass is 10.1. The van der Waals surface area contributed by atoms with Gasteiger partial charge in [0.05, 0.1) is 0 Å². The van der Waals surface area contributed by atoms with Gasteiger partial charge in [-0.05, 0) is 46.5 Å². The summed E-state index contributed by atoms with van der Waals surface area (Å²) >= 11 is 0. The molecule has 5 rings (SSSR count). The van der Waals surface area contributed by atoms with Crippen molar-refractivity contribution in [1.29, 1.82) is 0 Å². The van der Waals surface area contributed by atoms with E-state index in [1.165, 1.54) is 0 Å². The molecule has 0 atom stereocenters. The lowest BCUT2D eigenvalue weighted by Crippen LogP contribution is -1.89. The fourth-order valence-electron chi connectivity index (χ4n) is 3.69. The minimum Gasteiger partial charge on any atom is -0.508 e. The van der Waals surface area contributed by atoms with Crippen molar-refractivity contribution in [2.45, 2.75) is 0 Å². The van der Waals surface area contributed by atoms with Crippen LogP contribution in [0.4, 0.5) is 0 Å². The number of aromatic hydroxyl groups is 1. The maximum atomic E-state index is 10.3. The van der Waals surface area contributed by atoms with Crippen LogP contribution < -0.4 is 9.47 Å². The summed E-state index contributed by atoms with van der Waals surface area (Å²) in [6, 6.07) is 40.9. The molecule has 0 unspecified atom stereocenters. The molecule has 0 aliphatic carbocycles. The Morgan fingerprint density at radius 1 is 0.364 bits per heavy atom. The second-order valence-electron chi connectivity index (χ2n) is 7.65. The smallest absolute Gasteiger partial charge is 0.134 e. The molecule has 0 bridgehead atoms. The van der Waals surface area contributed by atoms with E-state index in [4.69, 9.17) is 9.47 Å². The highest BCUT2D eigenvalue weighted by molar-refractivity contribution is 5.66. The van der Waals surface area contributed by atoms with E-state index in [1.54, 1.807) is 18.2 Å². The van der Waals surface area contributed by atoms with Gasteiger partial charge in [0.1, 0.15) is 28.7 Å². The normalized spacial score (nSPS) is 10.5. The van der Waals surface area contributed by atoms with Gasteiger partial charge >= 0.3 is 0 Å². The third-order valence-corrected chi connectivity index (χ3v) is 5.22. The zero-order chi connectivity index (χ0) is 22.5. The highest BCUT2D eigenvalue weighted by atomic mass is 16.5. The number of hydrogen-bond acceptors (Lipinski definition) is 3. The van der Waals surface area contributed by atoms with Gasteiger partial charge in [-0.2, -0.15) is 0 Å². The van der Waals surface area contributed by atoms with Crippen LogP contribution in [-0.4, -0.2) is 5.11 Å². The monoisotopic (exact) mass is 430 g/mol. The van der Waals surface area contributed by atoms with E-state index in [9.17, 15) is 5.11 Å². The minimum atomic E-state index is 0.0703. The first-order valence-corrected chi connectivity index (χ1v) is 10.7. The summed E-state index contributed by atoms with van der Waals surface area (Å²) < 4.78 is 12.1. The molecule has 5 aromatic rings. The van der Waals surface area contributed by atoms with Gasteiger partial charge in [-0.25, -0.2) is 0 Å². The van der Waals surface area contributed by atoms with Gasteiger partial charge in [0.25, 0.3) is 0 Å². The Bertz CT molecular complexity index is 1260. The molecule has 0 saturated carbocycles. The fourth-order valence-corrected chi connectivity index (χ4v) is 3.69. The van der Waals surface area contributed by atoms with E-state index >= 15 is 0 Å². The van der Waals surface area contributed by atoms with E-state index in [0.717, 1.165) is 22.3 Å². The van der Waals surface area contributed by atoms with Gasteiger partial charge in [-0.3, -0.25) is 0 Å². The second-order valence-corrected chi connectivity index (χ2v) is 7.65. The van der Waals surface area contributed by atoms with Crippen LogP contribution in [0, 0.1) is 0 Å². The molecular formula is C30H22O3. The predicted molar refractivity (Wildman–Crippen MR) is 132 cm³/mol. The molecule has 1 N–H and O–H groups in total. The molecule has 0 amide bonds. The highest BCUT2D eigenvalue weighted by Crippen LogP contribution is 2.35. The quantitative estimate of drug-likeness (QED) is 0.294. The van der Waals surface area contributed by atoms with Crippen LogP contribution >= 0.6 is 0 Å². The largest absolute Gasteiger partial charge is 0.508 e. The summed E-state index contributed by atoms with van der Waals surface area (Å²) in [5.41, 5.74) is 4.34. The highest BCUT2D eigenvalue weighted by Gasteiger charge is 2.07. The summed E-state index contributed by atoms with van der Waals surface area (Å²) in [6.45, 7) is 0. The van der Waals surface area contributed by atoms with Gasteiger partial charge in [-0.15, -0.1) is 0 Å². The fraction of sp³-hybridized carbons (Fsp3) is 0. The molecule has 0 aliphatic rings. The first-order chi connectivity index (χ1) is 16.2. The second kappa shape index (κ2) is 9.33. The van der Waals surface area contributed by atoms with Crippen molar-refractivity contribution in [2.75, 3.05) is 0 Å². The Hall–Kier alpha value is -4.50. The van der Waals surface area contributed by atoms with Gasteiger partial charge in [0, 0.05) is 18.2 Å². The van der Waals surface area contributed by atoms with Crippen molar-refractivity contribution in [3.8, 4) is 51.0 Å². The topological polar surface area (TPSA) is 38.7 Å². The molecule has 0 aromatic heterocycles. The molecule has 0 fully saturated rings. The number of phenols is 1.